The van der Waals surface area contributed by atoms with E-state index in [1.165, 1.54) is 12.1 Å². The van der Waals surface area contributed by atoms with E-state index in [9.17, 15) is 27.2 Å². The smallest absolute Gasteiger partial charge is 0.307 e. The van der Waals surface area contributed by atoms with Gasteiger partial charge in [0, 0.05) is 6.07 Å². The van der Waals surface area contributed by atoms with Crippen molar-refractivity contribution >= 4 is 39.1 Å². The summed E-state index contributed by atoms with van der Waals surface area (Å²) < 4.78 is 60.4. The molecule has 1 aromatic heterocycles. The highest BCUT2D eigenvalue weighted by molar-refractivity contribution is 7.18. The van der Waals surface area contributed by atoms with Crippen LogP contribution < -0.4 is 9.64 Å². The zero-order valence-electron chi connectivity index (χ0n) is 14.3. The molecule has 2 heterocycles. The van der Waals surface area contributed by atoms with Crippen LogP contribution in [0.25, 0.3) is 10.2 Å². The van der Waals surface area contributed by atoms with Gasteiger partial charge in [-0.1, -0.05) is 6.07 Å². The van der Waals surface area contributed by atoms with Crippen molar-refractivity contribution in [2.75, 3.05) is 4.90 Å². The molecule has 150 valence electrons. The van der Waals surface area contributed by atoms with E-state index < -0.39 is 53.2 Å². The van der Waals surface area contributed by atoms with Crippen molar-refractivity contribution in [2.24, 2.45) is 0 Å². The molecule has 4 rings (SSSR count). The van der Waals surface area contributed by atoms with Crippen molar-refractivity contribution in [1.82, 2.24) is 4.98 Å². The minimum absolute atomic E-state index is 0.0167. The lowest BCUT2D eigenvalue weighted by Crippen LogP contribution is -2.46. The second kappa shape index (κ2) is 6.99. The van der Waals surface area contributed by atoms with Gasteiger partial charge in [0.15, 0.2) is 35.1 Å². The number of carboxylic acid groups (broad SMARTS) is 1. The van der Waals surface area contributed by atoms with Crippen LogP contribution in [0.1, 0.15) is 11.4 Å². The summed E-state index contributed by atoms with van der Waals surface area (Å²) in [6, 6.07) is 4.15. The fraction of sp³-hybridized carbons (Fsp3) is 0.167. The quantitative estimate of drug-likeness (QED) is 0.509. The molecule has 2 aromatic carbocycles. The van der Waals surface area contributed by atoms with Gasteiger partial charge >= 0.3 is 5.97 Å². The number of fused-ring (bicyclic) bond motifs is 2. The van der Waals surface area contributed by atoms with E-state index in [2.05, 4.69) is 4.98 Å². The zero-order valence-corrected chi connectivity index (χ0v) is 15.1. The first kappa shape index (κ1) is 19.1. The average Bonchev–Trinajstić information content (AvgIpc) is 3.08. The number of hydrogen-bond acceptors (Lipinski definition) is 5. The van der Waals surface area contributed by atoms with Gasteiger partial charge in [-0.05, 0) is 12.1 Å². The molecular weight excluding hydrogens is 416 g/mol. The normalized spacial score (nSPS) is 16.1. The first-order valence-electron chi connectivity index (χ1n) is 8.17. The summed E-state index contributed by atoms with van der Waals surface area (Å²) in [5.74, 6) is -6.94. The molecule has 1 amide bonds. The van der Waals surface area contributed by atoms with Crippen LogP contribution in [0.4, 0.5) is 23.2 Å². The predicted molar refractivity (Wildman–Crippen MR) is 93.8 cm³/mol. The first-order valence-corrected chi connectivity index (χ1v) is 8.99. The lowest BCUT2D eigenvalue weighted by Gasteiger charge is -2.33. The lowest BCUT2D eigenvalue weighted by molar-refractivity contribution is -0.142. The number of aliphatic carboxylic acids is 1. The highest BCUT2D eigenvalue weighted by Gasteiger charge is 2.38. The Kier molecular flexibility index (Phi) is 4.61. The number of ether oxygens (including phenoxy) is 1. The monoisotopic (exact) mass is 426 g/mol. The number of anilines is 1. The number of carbonyl (C=O) groups is 2. The van der Waals surface area contributed by atoms with Crippen LogP contribution in [0.15, 0.2) is 24.3 Å². The fourth-order valence-corrected chi connectivity index (χ4v) is 3.99. The maximum atomic E-state index is 14.2. The van der Waals surface area contributed by atoms with Gasteiger partial charge in [-0.25, -0.2) is 22.5 Å². The molecule has 3 aromatic rings. The topological polar surface area (TPSA) is 79.7 Å². The predicted octanol–water partition coefficient (Wildman–Crippen LogP) is 3.62. The van der Waals surface area contributed by atoms with E-state index in [0.717, 1.165) is 11.0 Å². The Morgan fingerprint density at radius 2 is 1.97 bits per heavy atom. The second-order valence-electron chi connectivity index (χ2n) is 6.16. The number of benzene rings is 2. The van der Waals surface area contributed by atoms with E-state index in [0.29, 0.717) is 17.4 Å². The van der Waals surface area contributed by atoms with Crippen molar-refractivity contribution < 1.29 is 37.0 Å². The number of thiazole rings is 1. The third-order valence-electron chi connectivity index (χ3n) is 4.25. The van der Waals surface area contributed by atoms with Crippen molar-refractivity contribution in [2.45, 2.75) is 19.1 Å². The van der Waals surface area contributed by atoms with Gasteiger partial charge in [0.1, 0.15) is 10.5 Å². The van der Waals surface area contributed by atoms with Gasteiger partial charge in [-0.15, -0.1) is 11.3 Å². The van der Waals surface area contributed by atoms with Gasteiger partial charge < -0.3 is 9.84 Å². The molecule has 0 saturated carbocycles. The molecule has 0 radical (unpaired) electrons. The van der Waals surface area contributed by atoms with Crippen molar-refractivity contribution in [3.8, 4) is 5.75 Å². The molecule has 0 saturated heterocycles. The summed E-state index contributed by atoms with van der Waals surface area (Å²) in [6.45, 7) is -0.339. The molecule has 1 atom stereocenters. The van der Waals surface area contributed by atoms with Crippen LogP contribution in [0, 0.1) is 23.3 Å². The number of carbonyl (C=O) groups excluding carboxylic acids is 1. The molecule has 11 heteroatoms. The van der Waals surface area contributed by atoms with Crippen LogP contribution >= 0.6 is 11.3 Å². The second-order valence-corrected chi connectivity index (χ2v) is 7.24. The minimum atomic E-state index is -1.49. The number of rotatable bonds is 4. The summed E-state index contributed by atoms with van der Waals surface area (Å²) in [7, 11) is 0. The lowest BCUT2D eigenvalue weighted by atomic mass is 10.1. The number of halogens is 4. The van der Waals surface area contributed by atoms with Crippen LogP contribution in [-0.2, 0) is 16.1 Å². The Hall–Kier alpha value is -3.21. The molecule has 0 bridgehead atoms. The SMILES string of the molecule is O=C(O)CC1Oc2c(F)cccc2N(Cc2nc3c(F)cc(F)c(F)c3s2)C1=O. The van der Waals surface area contributed by atoms with Crippen molar-refractivity contribution in [3.05, 3.63) is 52.5 Å². The van der Waals surface area contributed by atoms with E-state index in [4.69, 9.17) is 9.84 Å². The highest BCUT2D eigenvalue weighted by atomic mass is 32.1. The Labute approximate surface area is 164 Å². The molecule has 1 unspecified atom stereocenters. The molecule has 29 heavy (non-hydrogen) atoms. The molecule has 0 spiro atoms. The summed E-state index contributed by atoms with van der Waals surface area (Å²) in [4.78, 5) is 28.7. The molecule has 0 fully saturated rings. The van der Waals surface area contributed by atoms with E-state index >= 15 is 0 Å². The number of hydrogen-bond donors (Lipinski definition) is 1. The Morgan fingerprint density at radius 3 is 2.69 bits per heavy atom. The van der Waals surface area contributed by atoms with Crippen molar-refractivity contribution in [1.29, 1.82) is 0 Å². The summed E-state index contributed by atoms with van der Waals surface area (Å²) in [5.41, 5.74) is -0.380. The van der Waals surface area contributed by atoms with E-state index in [1.807, 2.05) is 0 Å². The third kappa shape index (κ3) is 3.27. The Balaban J connectivity index is 1.77. The molecule has 1 aliphatic heterocycles. The molecule has 0 aliphatic carbocycles. The molecular formula is C18H10F4N2O4S. The average molecular weight is 426 g/mol. The van der Waals surface area contributed by atoms with E-state index in [1.54, 1.807) is 0 Å². The van der Waals surface area contributed by atoms with E-state index in [-0.39, 0.29) is 27.7 Å². The summed E-state index contributed by atoms with van der Waals surface area (Å²) in [5, 5.41) is 9.03. The van der Waals surface area contributed by atoms with Gasteiger partial charge in [-0.3, -0.25) is 14.5 Å². The van der Waals surface area contributed by atoms with Gasteiger partial charge in [0.2, 0.25) is 0 Å². The molecule has 6 nitrogen and oxygen atoms in total. The molecule has 1 aliphatic rings. The van der Waals surface area contributed by atoms with Crippen LogP contribution in [-0.4, -0.2) is 28.1 Å². The fourth-order valence-electron chi connectivity index (χ4n) is 2.99. The standard InChI is InChI=1S/C18H10F4N2O4S/c19-7-2-1-3-10-16(7)28-11(5-13(25)26)18(27)24(10)6-12-23-15-9(21)4-8(20)14(22)17(15)29-12/h1-4,11H,5-6H2,(H,25,26). The maximum absolute atomic E-state index is 14.2. The number of nitrogens with zero attached hydrogens (tertiary/aromatic N) is 2. The highest BCUT2D eigenvalue weighted by Crippen LogP contribution is 2.39. The van der Waals surface area contributed by atoms with Gasteiger partial charge in [0.25, 0.3) is 5.91 Å². The Morgan fingerprint density at radius 1 is 1.21 bits per heavy atom. The summed E-state index contributed by atoms with van der Waals surface area (Å²) in [6.07, 6.45) is -2.20. The zero-order chi connectivity index (χ0) is 20.9. The van der Waals surface area contributed by atoms with Crippen LogP contribution in [0.3, 0.4) is 0 Å². The summed E-state index contributed by atoms with van der Waals surface area (Å²) >= 11 is 0.631. The Bertz CT molecular complexity index is 1170. The maximum Gasteiger partial charge on any atom is 0.307 e. The van der Waals surface area contributed by atoms with Gasteiger partial charge in [0.05, 0.1) is 23.4 Å². The minimum Gasteiger partial charge on any atom is -0.481 e. The van der Waals surface area contributed by atoms with Gasteiger partial charge in [-0.2, -0.15) is 0 Å². The number of para-hydroxylation sites is 1. The van der Waals surface area contributed by atoms with Crippen molar-refractivity contribution in [3.63, 3.8) is 0 Å². The number of amides is 1. The number of carboxylic acids is 1. The largest absolute Gasteiger partial charge is 0.481 e. The van der Waals surface area contributed by atoms with Crippen LogP contribution in [0.2, 0.25) is 0 Å². The van der Waals surface area contributed by atoms with Crippen LogP contribution in [0.5, 0.6) is 5.75 Å². The molecule has 1 N–H and O–H groups in total. The number of aromatic nitrogens is 1. The first-order chi connectivity index (χ1) is 13.8. The third-order valence-corrected chi connectivity index (χ3v) is 5.28.